The number of likely N-dealkylation sites (tertiary alicyclic amines) is 2. The number of aliphatic imine (C=N–C) groups is 1. The molecular formula is C25H41N5O. The second-order valence-corrected chi connectivity index (χ2v) is 9.21. The Hall–Kier alpha value is -1.63. The summed E-state index contributed by atoms with van der Waals surface area (Å²) in [5.41, 5.74) is 2.72. The van der Waals surface area contributed by atoms with Gasteiger partial charge in [0.25, 0.3) is 0 Å². The van der Waals surface area contributed by atoms with Crippen molar-refractivity contribution in [3.63, 3.8) is 0 Å². The van der Waals surface area contributed by atoms with E-state index in [0.717, 1.165) is 65.0 Å². The molecule has 172 valence electrons. The molecule has 0 aliphatic carbocycles. The Kier molecular flexibility index (Phi) is 8.62. The molecule has 3 aliphatic heterocycles. The average Bonchev–Trinajstić information content (AvgIpc) is 3.16. The van der Waals surface area contributed by atoms with Gasteiger partial charge in [-0.3, -0.25) is 9.80 Å². The molecule has 0 radical (unpaired) electrons. The third kappa shape index (κ3) is 6.67. The first-order chi connectivity index (χ1) is 15.3. The maximum Gasteiger partial charge on any atom is 0.194 e. The van der Waals surface area contributed by atoms with Gasteiger partial charge in [-0.2, -0.15) is 0 Å². The largest absolute Gasteiger partial charge is 0.379 e. The van der Waals surface area contributed by atoms with Gasteiger partial charge in [0.1, 0.15) is 0 Å². The molecule has 1 atom stereocenters. The van der Waals surface area contributed by atoms with Crippen molar-refractivity contribution in [1.82, 2.24) is 20.0 Å². The van der Waals surface area contributed by atoms with Crippen molar-refractivity contribution in [2.24, 2.45) is 4.99 Å². The molecule has 1 aromatic rings. The summed E-state index contributed by atoms with van der Waals surface area (Å²) in [6, 6.07) is 9.76. The van der Waals surface area contributed by atoms with Crippen molar-refractivity contribution in [2.45, 2.75) is 58.2 Å². The molecule has 3 fully saturated rings. The van der Waals surface area contributed by atoms with E-state index in [9.17, 15) is 0 Å². The van der Waals surface area contributed by atoms with Gasteiger partial charge in [-0.05, 0) is 50.4 Å². The van der Waals surface area contributed by atoms with E-state index in [4.69, 9.17) is 9.73 Å². The minimum atomic E-state index is 0.631. The summed E-state index contributed by atoms with van der Waals surface area (Å²) < 4.78 is 5.52. The van der Waals surface area contributed by atoms with Gasteiger partial charge >= 0.3 is 0 Å². The van der Waals surface area contributed by atoms with Crippen LogP contribution in [-0.4, -0.2) is 85.7 Å². The molecule has 0 bridgehead atoms. The molecule has 0 saturated carbocycles. The average molecular weight is 428 g/mol. The lowest BCUT2D eigenvalue weighted by Gasteiger charge is -2.32. The van der Waals surface area contributed by atoms with Crippen molar-refractivity contribution in [3.8, 4) is 0 Å². The van der Waals surface area contributed by atoms with Crippen molar-refractivity contribution >= 4 is 5.96 Å². The van der Waals surface area contributed by atoms with Crippen LogP contribution in [0.4, 0.5) is 0 Å². The molecule has 1 aromatic carbocycles. The van der Waals surface area contributed by atoms with Gasteiger partial charge in [-0.15, -0.1) is 0 Å². The summed E-state index contributed by atoms with van der Waals surface area (Å²) in [6.45, 7) is 13.4. The predicted molar refractivity (Wildman–Crippen MR) is 127 cm³/mol. The number of rotatable bonds is 6. The van der Waals surface area contributed by atoms with Crippen LogP contribution in [0.5, 0.6) is 0 Å². The number of benzene rings is 1. The van der Waals surface area contributed by atoms with Crippen LogP contribution in [0.15, 0.2) is 29.3 Å². The Labute approximate surface area is 188 Å². The number of hydrogen-bond donors (Lipinski definition) is 1. The normalized spacial score (nSPS) is 24.4. The van der Waals surface area contributed by atoms with Gasteiger partial charge in [0, 0.05) is 45.3 Å². The summed E-state index contributed by atoms with van der Waals surface area (Å²) in [4.78, 5) is 12.6. The number of ether oxygens (including phenoxy) is 1. The van der Waals surface area contributed by atoms with Crippen molar-refractivity contribution < 1.29 is 4.74 Å². The molecule has 6 heteroatoms. The van der Waals surface area contributed by atoms with Crippen LogP contribution >= 0.6 is 0 Å². The van der Waals surface area contributed by atoms with Gasteiger partial charge in [0.2, 0.25) is 0 Å². The number of morpholine rings is 1. The van der Waals surface area contributed by atoms with Gasteiger partial charge in [-0.1, -0.05) is 37.1 Å². The molecule has 0 spiro atoms. The fourth-order valence-electron chi connectivity index (χ4n) is 5.07. The van der Waals surface area contributed by atoms with E-state index >= 15 is 0 Å². The summed E-state index contributed by atoms with van der Waals surface area (Å²) in [6.07, 6.45) is 6.71. The standard InChI is InChI=1S/C25H41N5O/c1-2-26-25(30-14-11-24(21-30)29-15-17-31-18-16-29)27-19-22-7-9-23(10-8-22)20-28-12-5-3-4-6-13-28/h7-10,24H,2-6,11-21H2,1H3,(H,26,27). The highest BCUT2D eigenvalue weighted by atomic mass is 16.5. The lowest BCUT2D eigenvalue weighted by molar-refractivity contribution is 0.0195. The highest BCUT2D eigenvalue weighted by Gasteiger charge is 2.30. The van der Waals surface area contributed by atoms with Gasteiger partial charge < -0.3 is 15.0 Å². The monoisotopic (exact) mass is 427 g/mol. The molecule has 3 heterocycles. The molecule has 3 aliphatic rings. The van der Waals surface area contributed by atoms with Gasteiger partial charge in [0.15, 0.2) is 5.96 Å². The molecular weight excluding hydrogens is 386 g/mol. The number of hydrogen-bond acceptors (Lipinski definition) is 4. The van der Waals surface area contributed by atoms with E-state index in [-0.39, 0.29) is 0 Å². The first kappa shape index (κ1) is 22.6. The van der Waals surface area contributed by atoms with Crippen LogP contribution in [0, 0.1) is 0 Å². The van der Waals surface area contributed by atoms with Crippen LogP contribution in [0.1, 0.15) is 50.2 Å². The van der Waals surface area contributed by atoms with E-state index in [2.05, 4.69) is 51.2 Å². The zero-order chi connectivity index (χ0) is 21.3. The Balaban J connectivity index is 1.30. The number of nitrogens with one attached hydrogen (secondary N) is 1. The van der Waals surface area contributed by atoms with E-state index in [1.165, 1.54) is 56.3 Å². The Bertz CT molecular complexity index is 678. The highest BCUT2D eigenvalue weighted by molar-refractivity contribution is 5.80. The second kappa shape index (κ2) is 11.8. The molecule has 1 N–H and O–H groups in total. The fourth-order valence-corrected chi connectivity index (χ4v) is 5.07. The smallest absolute Gasteiger partial charge is 0.194 e. The van der Waals surface area contributed by atoms with E-state index < -0.39 is 0 Å². The van der Waals surface area contributed by atoms with Crippen LogP contribution in [0.2, 0.25) is 0 Å². The summed E-state index contributed by atoms with van der Waals surface area (Å²) >= 11 is 0. The Morgan fingerprint density at radius 1 is 0.968 bits per heavy atom. The first-order valence-electron chi connectivity index (χ1n) is 12.5. The van der Waals surface area contributed by atoms with Crippen LogP contribution < -0.4 is 5.32 Å². The molecule has 3 saturated heterocycles. The molecule has 0 aromatic heterocycles. The minimum absolute atomic E-state index is 0.631. The third-order valence-corrected chi connectivity index (χ3v) is 6.90. The SMILES string of the molecule is CCNC(=NCc1ccc(CN2CCCCCC2)cc1)N1CCC(N2CCOCC2)C1. The number of nitrogens with zero attached hydrogens (tertiary/aromatic N) is 4. The molecule has 6 nitrogen and oxygen atoms in total. The Morgan fingerprint density at radius 2 is 1.68 bits per heavy atom. The first-order valence-corrected chi connectivity index (χ1v) is 12.5. The molecule has 4 rings (SSSR count). The highest BCUT2D eigenvalue weighted by Crippen LogP contribution is 2.18. The third-order valence-electron chi connectivity index (χ3n) is 6.90. The van der Waals surface area contributed by atoms with Gasteiger partial charge in [-0.25, -0.2) is 4.99 Å². The summed E-state index contributed by atoms with van der Waals surface area (Å²) in [7, 11) is 0. The lowest BCUT2D eigenvalue weighted by Crippen LogP contribution is -2.46. The topological polar surface area (TPSA) is 43.3 Å². The van der Waals surface area contributed by atoms with E-state index in [1.807, 2.05) is 0 Å². The van der Waals surface area contributed by atoms with Crippen molar-refractivity contribution in [3.05, 3.63) is 35.4 Å². The van der Waals surface area contributed by atoms with Crippen LogP contribution in [-0.2, 0) is 17.8 Å². The van der Waals surface area contributed by atoms with Crippen molar-refractivity contribution in [1.29, 1.82) is 0 Å². The molecule has 0 amide bonds. The zero-order valence-corrected chi connectivity index (χ0v) is 19.4. The van der Waals surface area contributed by atoms with Crippen LogP contribution in [0.3, 0.4) is 0 Å². The maximum atomic E-state index is 5.52. The lowest BCUT2D eigenvalue weighted by atomic mass is 10.1. The van der Waals surface area contributed by atoms with Crippen LogP contribution in [0.25, 0.3) is 0 Å². The predicted octanol–water partition coefficient (Wildman–Crippen LogP) is 2.93. The zero-order valence-electron chi connectivity index (χ0n) is 19.4. The van der Waals surface area contributed by atoms with Crippen molar-refractivity contribution in [2.75, 3.05) is 59.0 Å². The Morgan fingerprint density at radius 3 is 2.39 bits per heavy atom. The molecule has 1 unspecified atom stereocenters. The van der Waals surface area contributed by atoms with Gasteiger partial charge in [0.05, 0.1) is 19.8 Å². The quantitative estimate of drug-likeness (QED) is 0.559. The second-order valence-electron chi connectivity index (χ2n) is 9.21. The minimum Gasteiger partial charge on any atom is -0.379 e. The number of guanidine groups is 1. The van der Waals surface area contributed by atoms with E-state index in [0.29, 0.717) is 6.04 Å². The summed E-state index contributed by atoms with van der Waals surface area (Å²) in [5, 5.41) is 3.52. The van der Waals surface area contributed by atoms with E-state index in [1.54, 1.807) is 0 Å². The fraction of sp³-hybridized carbons (Fsp3) is 0.720. The maximum absolute atomic E-state index is 5.52. The summed E-state index contributed by atoms with van der Waals surface area (Å²) in [5.74, 6) is 1.06. The molecule has 31 heavy (non-hydrogen) atoms.